The number of rotatable bonds is 15. The van der Waals surface area contributed by atoms with E-state index in [0.717, 1.165) is 72.4 Å². The number of aryl methyl sites for hydroxylation is 3. The number of nitrogens with zero attached hydrogens (tertiary/aromatic N) is 2. The van der Waals surface area contributed by atoms with Crippen LogP contribution in [-0.2, 0) is 15.8 Å². The number of hydrogen-bond donors (Lipinski definition) is 2. The summed E-state index contributed by atoms with van der Waals surface area (Å²) in [5.74, 6) is -0.433. The number of ether oxygens (including phenoxy) is 1. The highest BCUT2D eigenvalue weighted by molar-refractivity contribution is 5.90. The standard InChI is InChI=1S/C23H33F3N2O.C19H21F3N2O2/c1-6-13-22(7-2,14-12-15(3)4)21(29)27-16(5)18-10-11-19(23(24,25)26)28-20(18)17-8-9-17;1-10-5-14(13(4)17(23)25)6-11(2)16(10)15-7-12(3)18(24-8-15)26-9-19(20,21)22/h10-11,15,17H,5-9,12-14H2,1-4H3,(H,27,29);5-8,13H,9H2,1-4H3,(H2,23,25). The second-order valence-electron chi connectivity index (χ2n) is 15.1. The van der Waals surface area contributed by atoms with E-state index < -0.39 is 41.9 Å². The Morgan fingerprint density at radius 1 is 0.964 bits per heavy atom. The zero-order chi connectivity index (χ0) is 41.5. The first-order chi connectivity index (χ1) is 25.5. The molecule has 3 N–H and O–H groups in total. The molecule has 0 spiro atoms. The molecule has 0 saturated heterocycles. The Morgan fingerprint density at radius 3 is 2.05 bits per heavy atom. The fourth-order valence-electron chi connectivity index (χ4n) is 6.67. The van der Waals surface area contributed by atoms with Crippen molar-refractivity contribution in [2.45, 2.75) is 125 Å². The molecule has 2 aromatic heterocycles. The van der Waals surface area contributed by atoms with E-state index in [2.05, 4.69) is 42.6 Å². The average Bonchev–Trinajstić information content (AvgIpc) is 3.94. The third-order valence-electron chi connectivity index (χ3n) is 10.0. The minimum Gasteiger partial charge on any atom is -0.468 e. The first-order valence-corrected chi connectivity index (χ1v) is 18.7. The zero-order valence-electron chi connectivity index (χ0n) is 33.0. The lowest BCUT2D eigenvalue weighted by molar-refractivity contribution is -0.154. The summed E-state index contributed by atoms with van der Waals surface area (Å²) in [6.07, 6.45) is -1.67. The van der Waals surface area contributed by atoms with Crippen LogP contribution < -0.4 is 15.8 Å². The molecule has 2 amide bonds. The fraction of sp³-hybridized carbons (Fsp3) is 0.524. The molecule has 1 aliphatic rings. The topological polar surface area (TPSA) is 107 Å². The molecule has 1 fully saturated rings. The normalized spacial score (nSPS) is 14.7. The van der Waals surface area contributed by atoms with Gasteiger partial charge in [-0.15, -0.1) is 0 Å². The zero-order valence-corrected chi connectivity index (χ0v) is 33.0. The maximum absolute atomic E-state index is 13.2. The Labute approximate surface area is 320 Å². The summed E-state index contributed by atoms with van der Waals surface area (Å²) in [5.41, 5.74) is 10.1. The lowest BCUT2D eigenvalue weighted by Gasteiger charge is -2.32. The lowest BCUT2D eigenvalue weighted by Crippen LogP contribution is -2.40. The number of hydrogen-bond acceptors (Lipinski definition) is 5. The van der Waals surface area contributed by atoms with Crippen molar-refractivity contribution >= 4 is 17.5 Å². The highest BCUT2D eigenvalue weighted by atomic mass is 19.4. The maximum Gasteiger partial charge on any atom is 0.433 e. The molecule has 302 valence electrons. The second-order valence-corrected chi connectivity index (χ2v) is 15.1. The second kappa shape index (κ2) is 18.5. The van der Waals surface area contributed by atoms with Gasteiger partial charge in [0.25, 0.3) is 0 Å². The summed E-state index contributed by atoms with van der Waals surface area (Å²) in [7, 11) is 0. The summed E-state index contributed by atoms with van der Waals surface area (Å²) in [6.45, 7) is 18.2. The molecule has 2 heterocycles. The number of pyridine rings is 2. The summed E-state index contributed by atoms with van der Waals surface area (Å²) in [6, 6.07) is 7.89. The van der Waals surface area contributed by atoms with E-state index in [1.54, 1.807) is 19.9 Å². The summed E-state index contributed by atoms with van der Waals surface area (Å²) >= 11 is 0. The molecule has 0 aliphatic heterocycles. The van der Waals surface area contributed by atoms with Gasteiger partial charge in [-0.2, -0.15) is 26.3 Å². The van der Waals surface area contributed by atoms with E-state index in [1.165, 1.54) is 12.3 Å². The number of nitrogens with one attached hydrogen (secondary N) is 1. The predicted molar refractivity (Wildman–Crippen MR) is 203 cm³/mol. The number of amides is 2. The molecule has 3 aromatic rings. The van der Waals surface area contributed by atoms with Crippen molar-refractivity contribution in [1.29, 1.82) is 0 Å². The summed E-state index contributed by atoms with van der Waals surface area (Å²) in [5, 5.41) is 2.92. The van der Waals surface area contributed by atoms with Crippen molar-refractivity contribution in [3.8, 4) is 17.0 Å². The number of primary amides is 1. The number of alkyl halides is 6. The highest BCUT2D eigenvalue weighted by Gasteiger charge is 2.38. The van der Waals surface area contributed by atoms with Gasteiger partial charge in [0.1, 0.15) is 5.69 Å². The molecule has 55 heavy (non-hydrogen) atoms. The SMILES string of the molecule is C=C(NC(=O)C(CC)(CCC)CCC(C)C)c1ccc(C(F)(F)F)nc1C1CC1.Cc1cc(-c2c(C)cc(C(C)C(N)=O)cc2C)cnc1OCC(F)(F)F. The minimum atomic E-state index is -4.48. The van der Waals surface area contributed by atoms with Crippen LogP contribution >= 0.6 is 0 Å². The van der Waals surface area contributed by atoms with Crippen molar-refractivity contribution in [3.05, 3.63) is 82.3 Å². The molecule has 2 atom stereocenters. The van der Waals surface area contributed by atoms with Crippen molar-refractivity contribution < 1.29 is 40.7 Å². The largest absolute Gasteiger partial charge is 0.468 e. The van der Waals surface area contributed by atoms with Gasteiger partial charge in [-0.25, -0.2) is 9.97 Å². The lowest BCUT2D eigenvalue weighted by atomic mass is 9.74. The van der Waals surface area contributed by atoms with Crippen molar-refractivity contribution in [2.75, 3.05) is 6.61 Å². The molecule has 7 nitrogen and oxygen atoms in total. The average molecular weight is 777 g/mol. The van der Waals surface area contributed by atoms with Crippen LogP contribution in [0.15, 0.2) is 43.1 Å². The fourth-order valence-corrected chi connectivity index (χ4v) is 6.67. The Hall–Kier alpha value is -4.42. The maximum atomic E-state index is 13.2. The minimum absolute atomic E-state index is 0.00784. The van der Waals surface area contributed by atoms with Crippen LogP contribution in [0.1, 0.15) is 131 Å². The number of carbonyl (C=O) groups excluding carboxylic acids is 2. The van der Waals surface area contributed by atoms with Crippen LogP contribution in [0.4, 0.5) is 26.3 Å². The van der Waals surface area contributed by atoms with Gasteiger partial charge in [0.15, 0.2) is 6.61 Å². The molecule has 13 heteroatoms. The van der Waals surface area contributed by atoms with E-state index >= 15 is 0 Å². The van der Waals surface area contributed by atoms with Gasteiger partial charge < -0.3 is 15.8 Å². The Balaban J connectivity index is 0.000000297. The Bertz CT molecular complexity index is 1810. The van der Waals surface area contributed by atoms with Crippen molar-refractivity contribution in [3.63, 3.8) is 0 Å². The molecule has 2 unspecified atom stereocenters. The Morgan fingerprint density at radius 2 is 1.58 bits per heavy atom. The monoisotopic (exact) mass is 776 g/mol. The molecule has 1 saturated carbocycles. The number of nitrogens with two attached hydrogens (primary N) is 1. The molecular formula is C42H54F6N4O3. The van der Waals surface area contributed by atoms with Gasteiger partial charge in [-0.05, 0) is 113 Å². The third-order valence-corrected chi connectivity index (χ3v) is 10.0. The first-order valence-electron chi connectivity index (χ1n) is 18.7. The molecule has 4 rings (SSSR count). The third kappa shape index (κ3) is 12.3. The van der Waals surface area contributed by atoms with Gasteiger partial charge in [-0.3, -0.25) is 9.59 Å². The number of aromatic nitrogens is 2. The number of carbonyl (C=O) groups is 2. The van der Waals surface area contributed by atoms with Crippen molar-refractivity contribution in [2.24, 2.45) is 17.1 Å². The quantitative estimate of drug-likeness (QED) is 0.149. The molecule has 0 radical (unpaired) electrons. The Kier molecular flexibility index (Phi) is 15.1. The van der Waals surface area contributed by atoms with Crippen LogP contribution in [0.3, 0.4) is 0 Å². The summed E-state index contributed by atoms with van der Waals surface area (Å²) in [4.78, 5) is 32.5. The molecule has 1 aliphatic carbocycles. The highest BCUT2D eigenvalue weighted by Crippen LogP contribution is 2.43. The van der Waals surface area contributed by atoms with Gasteiger partial charge in [0, 0.05) is 39.9 Å². The summed E-state index contributed by atoms with van der Waals surface area (Å²) < 4.78 is 80.9. The van der Waals surface area contributed by atoms with E-state index in [0.29, 0.717) is 34.9 Å². The molecular weight excluding hydrogens is 722 g/mol. The number of halogens is 6. The molecule has 1 aromatic carbocycles. The smallest absolute Gasteiger partial charge is 0.433 e. The van der Waals surface area contributed by atoms with Gasteiger partial charge in [0.05, 0.1) is 11.6 Å². The van der Waals surface area contributed by atoms with E-state index in [4.69, 9.17) is 10.5 Å². The number of benzene rings is 1. The first kappa shape index (κ1) is 45.0. The predicted octanol–water partition coefficient (Wildman–Crippen LogP) is 10.9. The van der Waals surface area contributed by atoms with E-state index in [-0.39, 0.29) is 17.7 Å². The van der Waals surface area contributed by atoms with Gasteiger partial charge in [0.2, 0.25) is 17.7 Å². The van der Waals surface area contributed by atoms with E-state index in [1.807, 2.05) is 32.9 Å². The van der Waals surface area contributed by atoms with Crippen LogP contribution in [0, 0.1) is 32.1 Å². The van der Waals surface area contributed by atoms with Crippen LogP contribution in [0.25, 0.3) is 16.8 Å². The van der Waals surface area contributed by atoms with Gasteiger partial charge in [-0.1, -0.05) is 52.8 Å². The molecule has 0 bridgehead atoms. The van der Waals surface area contributed by atoms with Crippen LogP contribution in [0.2, 0.25) is 0 Å². The van der Waals surface area contributed by atoms with Crippen molar-refractivity contribution in [1.82, 2.24) is 15.3 Å². The van der Waals surface area contributed by atoms with Gasteiger partial charge >= 0.3 is 12.4 Å². The van der Waals surface area contributed by atoms with E-state index in [9.17, 15) is 35.9 Å². The van der Waals surface area contributed by atoms with Crippen LogP contribution in [-0.4, -0.2) is 34.6 Å². The van der Waals surface area contributed by atoms with Crippen LogP contribution in [0.5, 0.6) is 5.88 Å².